The summed E-state index contributed by atoms with van der Waals surface area (Å²) in [5, 5.41) is 3.77. The summed E-state index contributed by atoms with van der Waals surface area (Å²) in [6, 6.07) is 11.2. The Morgan fingerprint density at radius 3 is 2.63 bits per heavy atom. The number of aryl methyl sites for hydroxylation is 1. The third-order valence-electron chi connectivity index (χ3n) is 4.84. The third kappa shape index (κ3) is 3.38. The van der Waals surface area contributed by atoms with Gasteiger partial charge in [-0.2, -0.15) is 0 Å². The lowest BCUT2D eigenvalue weighted by Gasteiger charge is -2.18. The number of nitrogens with zero attached hydrogens (tertiary/aromatic N) is 2. The Hall–Kier alpha value is -3.28. The number of amides is 2. The molecule has 1 aliphatic rings. The number of rotatable bonds is 4. The Labute approximate surface area is 157 Å². The predicted molar refractivity (Wildman–Crippen MR) is 103 cm³/mol. The summed E-state index contributed by atoms with van der Waals surface area (Å²) >= 11 is 0. The average Bonchev–Trinajstić information content (AvgIpc) is 3.43. The third-order valence-corrected chi connectivity index (χ3v) is 4.84. The van der Waals surface area contributed by atoms with Crippen molar-refractivity contribution in [3.05, 3.63) is 65.9 Å². The van der Waals surface area contributed by atoms with Crippen molar-refractivity contribution < 1.29 is 14.0 Å². The summed E-state index contributed by atoms with van der Waals surface area (Å²) in [7, 11) is 1.96. The molecule has 138 valence electrons. The highest BCUT2D eigenvalue weighted by Crippen LogP contribution is 2.23. The number of fused-ring (bicyclic) bond motifs is 1. The molecule has 6 heteroatoms. The van der Waals surface area contributed by atoms with E-state index in [1.807, 2.05) is 42.1 Å². The number of aromatic nitrogens is 1. The van der Waals surface area contributed by atoms with E-state index in [1.54, 1.807) is 23.1 Å². The van der Waals surface area contributed by atoms with E-state index in [0.717, 1.165) is 29.3 Å². The van der Waals surface area contributed by atoms with Gasteiger partial charge in [-0.25, -0.2) is 0 Å². The highest BCUT2D eigenvalue weighted by atomic mass is 16.3. The molecule has 0 radical (unpaired) electrons. The van der Waals surface area contributed by atoms with E-state index in [9.17, 15) is 9.59 Å². The summed E-state index contributed by atoms with van der Waals surface area (Å²) in [6.07, 6.45) is 7.12. The summed E-state index contributed by atoms with van der Waals surface area (Å²) < 4.78 is 7.17. The zero-order valence-corrected chi connectivity index (χ0v) is 15.1. The number of benzene rings is 1. The average molecular weight is 363 g/mol. The van der Waals surface area contributed by atoms with Crippen molar-refractivity contribution in [2.75, 3.05) is 13.1 Å². The fraction of sp³-hybridized carbons (Fsp3) is 0.238. The van der Waals surface area contributed by atoms with E-state index in [1.165, 1.54) is 6.26 Å². The number of carbonyl (C=O) groups excluding carboxylic acids is 2. The molecule has 3 aromatic rings. The van der Waals surface area contributed by atoms with Crippen molar-refractivity contribution >= 4 is 28.8 Å². The van der Waals surface area contributed by atoms with E-state index in [4.69, 9.17) is 4.42 Å². The molecule has 1 fully saturated rings. The van der Waals surface area contributed by atoms with E-state index in [2.05, 4.69) is 5.32 Å². The van der Waals surface area contributed by atoms with Crippen LogP contribution in [0, 0.1) is 0 Å². The molecule has 0 bridgehead atoms. The molecule has 0 aliphatic carbocycles. The lowest BCUT2D eigenvalue weighted by molar-refractivity contribution is -0.126. The molecular formula is C21H21N3O3. The normalized spacial score (nSPS) is 14.7. The minimum atomic E-state index is -0.431. The standard InChI is InChI=1S/C21H21N3O3/c1-23-14-15(16-7-2-3-8-18(16)23)13-17(21(26)24-10-4-5-11-24)22-20(25)19-9-6-12-27-19/h2-3,6-9,12-14H,4-5,10-11H2,1H3,(H,22,25). The molecule has 2 aromatic heterocycles. The van der Waals surface area contributed by atoms with Crippen LogP contribution in [0.15, 0.2) is 59.0 Å². The Morgan fingerprint density at radius 2 is 1.89 bits per heavy atom. The maximum atomic E-state index is 13.0. The number of hydrogen-bond donors (Lipinski definition) is 1. The summed E-state index contributed by atoms with van der Waals surface area (Å²) in [5.74, 6) is -0.424. The van der Waals surface area contributed by atoms with Crippen molar-refractivity contribution in [2.24, 2.45) is 7.05 Å². The SMILES string of the molecule is Cn1cc(C=C(NC(=O)c2ccco2)C(=O)N2CCCC2)c2ccccc21. The minimum Gasteiger partial charge on any atom is -0.459 e. The Balaban J connectivity index is 1.72. The molecule has 4 rings (SSSR count). The summed E-state index contributed by atoms with van der Waals surface area (Å²) in [6.45, 7) is 1.42. The van der Waals surface area contributed by atoms with Crippen LogP contribution in [-0.4, -0.2) is 34.4 Å². The van der Waals surface area contributed by atoms with Crippen LogP contribution < -0.4 is 5.32 Å². The molecule has 1 saturated heterocycles. The van der Waals surface area contributed by atoms with Gasteiger partial charge in [-0.3, -0.25) is 9.59 Å². The van der Waals surface area contributed by atoms with Crippen LogP contribution in [0.5, 0.6) is 0 Å². The van der Waals surface area contributed by atoms with Gasteiger partial charge in [0.2, 0.25) is 0 Å². The lowest BCUT2D eigenvalue weighted by atomic mass is 10.1. The van der Waals surface area contributed by atoms with E-state index >= 15 is 0 Å². The molecule has 0 spiro atoms. The number of furan rings is 1. The molecule has 27 heavy (non-hydrogen) atoms. The van der Waals surface area contributed by atoms with Gasteiger partial charge in [0.1, 0.15) is 5.70 Å². The van der Waals surface area contributed by atoms with Crippen molar-refractivity contribution in [1.29, 1.82) is 0 Å². The van der Waals surface area contributed by atoms with E-state index < -0.39 is 5.91 Å². The van der Waals surface area contributed by atoms with Gasteiger partial charge < -0.3 is 19.2 Å². The van der Waals surface area contributed by atoms with Crippen LogP contribution in [-0.2, 0) is 11.8 Å². The molecule has 1 N–H and O–H groups in total. The molecule has 3 heterocycles. The molecule has 1 aliphatic heterocycles. The Morgan fingerprint density at radius 1 is 1.11 bits per heavy atom. The first kappa shape index (κ1) is 17.1. The Bertz CT molecular complexity index is 1010. The maximum absolute atomic E-state index is 13.0. The van der Waals surface area contributed by atoms with Crippen molar-refractivity contribution in [2.45, 2.75) is 12.8 Å². The lowest BCUT2D eigenvalue weighted by Crippen LogP contribution is -2.36. The molecule has 1 aromatic carbocycles. The van der Waals surface area contributed by atoms with Crippen LogP contribution >= 0.6 is 0 Å². The van der Waals surface area contributed by atoms with Crippen LogP contribution in [0.4, 0.5) is 0 Å². The number of hydrogen-bond acceptors (Lipinski definition) is 3. The first-order valence-electron chi connectivity index (χ1n) is 9.03. The fourth-order valence-corrected chi connectivity index (χ4v) is 3.48. The highest BCUT2D eigenvalue weighted by Gasteiger charge is 2.24. The summed E-state index contributed by atoms with van der Waals surface area (Å²) in [5.41, 5.74) is 2.21. The van der Waals surface area contributed by atoms with E-state index in [-0.39, 0.29) is 17.4 Å². The van der Waals surface area contributed by atoms with Crippen LogP contribution in [0.25, 0.3) is 17.0 Å². The van der Waals surface area contributed by atoms with Gasteiger partial charge in [-0.15, -0.1) is 0 Å². The first-order chi connectivity index (χ1) is 13.1. The quantitative estimate of drug-likeness (QED) is 0.724. The Kier molecular flexibility index (Phi) is 4.54. The first-order valence-corrected chi connectivity index (χ1v) is 9.03. The zero-order chi connectivity index (χ0) is 18.8. The molecule has 6 nitrogen and oxygen atoms in total. The highest BCUT2D eigenvalue weighted by molar-refractivity contribution is 6.06. The van der Waals surface area contributed by atoms with Crippen LogP contribution in [0.1, 0.15) is 29.0 Å². The second kappa shape index (κ2) is 7.15. The van der Waals surface area contributed by atoms with Gasteiger partial charge in [0.15, 0.2) is 5.76 Å². The molecular weight excluding hydrogens is 342 g/mol. The van der Waals surface area contributed by atoms with E-state index in [0.29, 0.717) is 13.1 Å². The largest absolute Gasteiger partial charge is 0.459 e. The topological polar surface area (TPSA) is 67.5 Å². The van der Waals surface area contributed by atoms with Gasteiger partial charge in [-0.05, 0) is 37.1 Å². The fourth-order valence-electron chi connectivity index (χ4n) is 3.48. The van der Waals surface area contributed by atoms with Gasteiger partial charge in [0.25, 0.3) is 11.8 Å². The number of likely N-dealkylation sites (tertiary alicyclic amines) is 1. The van der Waals surface area contributed by atoms with Gasteiger partial charge in [0, 0.05) is 42.8 Å². The second-order valence-electron chi connectivity index (χ2n) is 6.70. The molecule has 0 atom stereocenters. The van der Waals surface area contributed by atoms with Gasteiger partial charge in [0.05, 0.1) is 6.26 Å². The molecule has 0 saturated carbocycles. The summed E-state index contributed by atoms with van der Waals surface area (Å²) in [4.78, 5) is 27.3. The number of nitrogens with one attached hydrogen (secondary N) is 1. The second-order valence-corrected chi connectivity index (χ2v) is 6.70. The van der Waals surface area contributed by atoms with Gasteiger partial charge in [-0.1, -0.05) is 18.2 Å². The predicted octanol–water partition coefficient (Wildman–Crippen LogP) is 3.16. The van der Waals surface area contributed by atoms with Crippen LogP contribution in [0.3, 0.4) is 0 Å². The monoisotopic (exact) mass is 363 g/mol. The van der Waals surface area contributed by atoms with Crippen molar-refractivity contribution in [3.8, 4) is 0 Å². The smallest absolute Gasteiger partial charge is 0.291 e. The van der Waals surface area contributed by atoms with Gasteiger partial charge >= 0.3 is 0 Å². The van der Waals surface area contributed by atoms with Crippen molar-refractivity contribution in [1.82, 2.24) is 14.8 Å². The van der Waals surface area contributed by atoms with Crippen molar-refractivity contribution in [3.63, 3.8) is 0 Å². The minimum absolute atomic E-state index is 0.166. The zero-order valence-electron chi connectivity index (χ0n) is 15.1. The number of carbonyl (C=O) groups is 2. The molecule has 2 amide bonds. The maximum Gasteiger partial charge on any atom is 0.291 e. The number of para-hydroxylation sites is 1. The van der Waals surface area contributed by atoms with Crippen LogP contribution in [0.2, 0.25) is 0 Å². The molecule has 0 unspecified atom stereocenters.